The number of rotatable bonds is 7. The first-order valence-electron chi connectivity index (χ1n) is 6.73. The van der Waals surface area contributed by atoms with Crippen LogP contribution >= 0.6 is 11.3 Å². The Bertz CT molecular complexity index is 366. The molecule has 1 fully saturated rings. The van der Waals surface area contributed by atoms with Gasteiger partial charge in [-0.3, -0.25) is 0 Å². The number of thiophene rings is 1. The molecule has 2 rings (SSSR count). The Morgan fingerprint density at radius 2 is 2.28 bits per heavy atom. The van der Waals surface area contributed by atoms with Crippen molar-refractivity contribution in [1.82, 2.24) is 5.32 Å². The van der Waals surface area contributed by atoms with Crippen molar-refractivity contribution in [3.63, 3.8) is 0 Å². The first-order chi connectivity index (χ1) is 8.80. The van der Waals surface area contributed by atoms with Gasteiger partial charge in [-0.15, -0.1) is 11.3 Å². The number of ether oxygens (including phenoxy) is 2. The lowest BCUT2D eigenvalue weighted by Gasteiger charge is -2.43. The van der Waals surface area contributed by atoms with E-state index in [-0.39, 0.29) is 12.2 Å². The van der Waals surface area contributed by atoms with Gasteiger partial charge in [0.1, 0.15) is 0 Å². The molecule has 1 aliphatic carbocycles. The fraction of sp³-hybridized carbons (Fsp3) is 0.714. The Morgan fingerprint density at radius 3 is 2.94 bits per heavy atom. The summed E-state index contributed by atoms with van der Waals surface area (Å²) in [5, 5.41) is 5.77. The van der Waals surface area contributed by atoms with Crippen LogP contribution in [0.25, 0.3) is 0 Å². The molecule has 1 N–H and O–H groups in total. The molecule has 1 aliphatic rings. The maximum atomic E-state index is 5.63. The summed E-state index contributed by atoms with van der Waals surface area (Å²) in [6.07, 6.45) is 2.64. The predicted molar refractivity (Wildman–Crippen MR) is 75.2 cm³/mol. The zero-order chi connectivity index (χ0) is 13.0. The minimum absolute atomic E-state index is 0.204. The van der Waals surface area contributed by atoms with Gasteiger partial charge in [0.2, 0.25) is 0 Å². The van der Waals surface area contributed by atoms with Crippen LogP contribution < -0.4 is 5.32 Å². The van der Waals surface area contributed by atoms with Gasteiger partial charge >= 0.3 is 0 Å². The zero-order valence-electron chi connectivity index (χ0n) is 11.4. The summed E-state index contributed by atoms with van der Waals surface area (Å²) in [5.74, 6) is 0. The van der Waals surface area contributed by atoms with Gasteiger partial charge in [-0.1, -0.05) is 6.92 Å². The average molecular weight is 269 g/mol. The van der Waals surface area contributed by atoms with Gasteiger partial charge in [0, 0.05) is 31.2 Å². The third kappa shape index (κ3) is 2.94. The molecule has 4 heteroatoms. The maximum Gasteiger partial charge on any atom is 0.0986 e. The third-order valence-electron chi connectivity index (χ3n) is 3.65. The summed E-state index contributed by atoms with van der Waals surface area (Å²) >= 11 is 1.84. The van der Waals surface area contributed by atoms with Crippen molar-refractivity contribution in [2.24, 2.45) is 0 Å². The van der Waals surface area contributed by atoms with Crippen molar-refractivity contribution in [2.75, 3.05) is 13.7 Å². The van der Waals surface area contributed by atoms with Crippen LogP contribution in [-0.2, 0) is 22.4 Å². The van der Waals surface area contributed by atoms with E-state index >= 15 is 0 Å². The monoisotopic (exact) mass is 269 g/mol. The molecule has 1 aromatic rings. The van der Waals surface area contributed by atoms with Gasteiger partial charge in [-0.25, -0.2) is 0 Å². The molecule has 0 saturated heterocycles. The van der Waals surface area contributed by atoms with Gasteiger partial charge in [-0.2, -0.15) is 0 Å². The second-order valence-electron chi connectivity index (χ2n) is 4.64. The number of nitrogens with one attached hydrogen (secondary N) is 1. The van der Waals surface area contributed by atoms with Crippen molar-refractivity contribution >= 4 is 11.3 Å². The first kappa shape index (κ1) is 14.0. The minimum atomic E-state index is 0.204. The van der Waals surface area contributed by atoms with Gasteiger partial charge < -0.3 is 14.8 Å². The van der Waals surface area contributed by atoms with Crippen LogP contribution in [0.2, 0.25) is 0 Å². The van der Waals surface area contributed by atoms with Crippen molar-refractivity contribution in [2.45, 2.75) is 51.5 Å². The van der Waals surface area contributed by atoms with E-state index in [1.807, 2.05) is 18.3 Å². The van der Waals surface area contributed by atoms with Crippen LogP contribution in [0.4, 0.5) is 0 Å². The normalized spacial score (nSPS) is 27.2. The van der Waals surface area contributed by atoms with Crippen molar-refractivity contribution in [1.29, 1.82) is 0 Å². The molecular formula is C14H23NO2S. The molecule has 3 nitrogen and oxygen atoms in total. The van der Waals surface area contributed by atoms with Crippen molar-refractivity contribution in [3.8, 4) is 0 Å². The zero-order valence-corrected chi connectivity index (χ0v) is 12.3. The van der Waals surface area contributed by atoms with Crippen molar-refractivity contribution in [3.05, 3.63) is 21.9 Å². The average Bonchev–Trinajstić information content (AvgIpc) is 2.80. The van der Waals surface area contributed by atoms with Crippen LogP contribution in [0, 0.1) is 0 Å². The van der Waals surface area contributed by atoms with Crippen LogP contribution in [0.5, 0.6) is 0 Å². The second kappa shape index (κ2) is 6.66. The molecule has 3 unspecified atom stereocenters. The highest BCUT2D eigenvalue weighted by Gasteiger charge is 2.41. The van der Waals surface area contributed by atoms with Gasteiger partial charge in [0.05, 0.1) is 12.2 Å². The number of aryl methyl sites for hydroxylation is 1. The topological polar surface area (TPSA) is 30.5 Å². The van der Waals surface area contributed by atoms with Crippen LogP contribution in [0.15, 0.2) is 11.4 Å². The third-order valence-corrected chi connectivity index (χ3v) is 4.61. The van der Waals surface area contributed by atoms with Crippen molar-refractivity contribution < 1.29 is 9.47 Å². The summed E-state index contributed by atoms with van der Waals surface area (Å²) in [6.45, 7) is 5.96. The van der Waals surface area contributed by atoms with E-state index in [0.717, 1.165) is 26.0 Å². The lowest BCUT2D eigenvalue weighted by molar-refractivity contribution is -0.131. The Hall–Kier alpha value is -0.420. The Balaban J connectivity index is 1.81. The molecule has 0 radical (unpaired) electrons. The lowest BCUT2D eigenvalue weighted by atomic mass is 9.85. The Morgan fingerprint density at radius 1 is 1.44 bits per heavy atom. The smallest absolute Gasteiger partial charge is 0.0986 e. The molecule has 3 atom stereocenters. The highest BCUT2D eigenvalue weighted by Crippen LogP contribution is 2.28. The van der Waals surface area contributed by atoms with E-state index in [1.165, 1.54) is 10.4 Å². The lowest BCUT2D eigenvalue weighted by Crippen LogP contribution is -2.59. The molecule has 0 aromatic carbocycles. The summed E-state index contributed by atoms with van der Waals surface area (Å²) < 4.78 is 11.1. The first-order valence-corrected chi connectivity index (χ1v) is 7.61. The summed E-state index contributed by atoms with van der Waals surface area (Å²) in [4.78, 5) is 1.45. The van der Waals surface area contributed by atoms with E-state index in [4.69, 9.17) is 9.47 Å². The van der Waals surface area contributed by atoms with E-state index in [2.05, 4.69) is 23.7 Å². The predicted octanol–water partition coefficient (Wildman–Crippen LogP) is 2.59. The molecule has 1 saturated carbocycles. The summed E-state index contributed by atoms with van der Waals surface area (Å²) in [5.41, 5.74) is 1.46. The molecule has 18 heavy (non-hydrogen) atoms. The quantitative estimate of drug-likeness (QED) is 0.825. The van der Waals surface area contributed by atoms with Gasteiger partial charge in [0.15, 0.2) is 0 Å². The van der Waals surface area contributed by atoms with Crippen LogP contribution in [-0.4, -0.2) is 32.0 Å². The minimum Gasteiger partial charge on any atom is -0.377 e. The molecule has 0 aliphatic heterocycles. The van der Waals surface area contributed by atoms with E-state index < -0.39 is 0 Å². The number of methoxy groups -OCH3 is 1. The van der Waals surface area contributed by atoms with E-state index in [1.54, 1.807) is 7.11 Å². The fourth-order valence-electron chi connectivity index (χ4n) is 2.54. The molecule has 102 valence electrons. The van der Waals surface area contributed by atoms with Crippen LogP contribution in [0.3, 0.4) is 0 Å². The standard InChI is InChI=1S/C14H23NO2S/c1-4-10-6-7-18-13(10)9-15-11-8-12(17-5-2)14(11)16-3/h6-7,11-12,14-15H,4-5,8-9H2,1-3H3. The highest BCUT2D eigenvalue weighted by molar-refractivity contribution is 7.10. The van der Waals surface area contributed by atoms with Gasteiger partial charge in [-0.05, 0) is 36.8 Å². The Labute approximate surface area is 113 Å². The summed E-state index contributed by atoms with van der Waals surface area (Å²) in [7, 11) is 1.77. The number of hydrogen-bond acceptors (Lipinski definition) is 4. The second-order valence-corrected chi connectivity index (χ2v) is 5.64. The molecule has 0 spiro atoms. The number of hydrogen-bond donors (Lipinski definition) is 1. The molecule has 1 heterocycles. The molecular weight excluding hydrogens is 246 g/mol. The Kier molecular flexibility index (Phi) is 5.18. The summed E-state index contributed by atoms with van der Waals surface area (Å²) in [6, 6.07) is 2.65. The maximum absolute atomic E-state index is 5.63. The largest absolute Gasteiger partial charge is 0.377 e. The SMILES string of the molecule is CCOC1CC(NCc2sccc2CC)C1OC. The highest BCUT2D eigenvalue weighted by atomic mass is 32.1. The molecule has 0 amide bonds. The van der Waals surface area contributed by atoms with Crippen LogP contribution in [0.1, 0.15) is 30.7 Å². The van der Waals surface area contributed by atoms with Gasteiger partial charge in [0.25, 0.3) is 0 Å². The fourth-order valence-corrected chi connectivity index (χ4v) is 3.46. The van der Waals surface area contributed by atoms with E-state index in [9.17, 15) is 0 Å². The molecule has 1 aromatic heterocycles. The van der Waals surface area contributed by atoms with E-state index in [0.29, 0.717) is 6.04 Å². The molecule has 0 bridgehead atoms.